The maximum atomic E-state index is 12.3. The maximum absolute atomic E-state index is 12.3. The molecule has 0 atom stereocenters. The zero-order valence-corrected chi connectivity index (χ0v) is 16.0. The fraction of sp³-hybridized carbons (Fsp3) is 0.300. The van der Waals surface area contributed by atoms with E-state index in [1.54, 1.807) is 11.3 Å². The van der Waals surface area contributed by atoms with Gasteiger partial charge in [0.25, 0.3) is 0 Å². The summed E-state index contributed by atoms with van der Waals surface area (Å²) < 4.78 is 1.14. The zero-order chi connectivity index (χ0) is 18.4. The Labute approximate surface area is 158 Å². The van der Waals surface area contributed by atoms with Crippen molar-refractivity contribution in [3.05, 3.63) is 48.5 Å². The first-order chi connectivity index (χ1) is 12.7. The van der Waals surface area contributed by atoms with Crippen molar-refractivity contribution in [1.29, 1.82) is 0 Å². The second-order valence-corrected chi connectivity index (χ2v) is 6.97. The zero-order valence-electron chi connectivity index (χ0n) is 15.2. The molecule has 26 heavy (non-hydrogen) atoms. The first-order valence-electron chi connectivity index (χ1n) is 8.93. The lowest BCUT2D eigenvalue weighted by molar-refractivity contribution is 0.248. The Hall–Kier alpha value is -2.44. The Morgan fingerprint density at radius 1 is 1.08 bits per heavy atom. The molecule has 0 radical (unpaired) electrons. The number of hydrogen-bond acceptors (Lipinski definition) is 4. The highest BCUT2D eigenvalue weighted by molar-refractivity contribution is 7.21. The summed E-state index contributed by atoms with van der Waals surface area (Å²) in [5, 5.41) is 6.80. The molecule has 3 aromatic rings. The van der Waals surface area contributed by atoms with E-state index in [0.717, 1.165) is 46.1 Å². The van der Waals surface area contributed by atoms with Crippen molar-refractivity contribution in [2.45, 2.75) is 13.8 Å². The number of amides is 2. The minimum absolute atomic E-state index is 0.189. The fourth-order valence-electron chi connectivity index (χ4n) is 2.80. The van der Waals surface area contributed by atoms with Crippen molar-refractivity contribution in [3.8, 4) is 10.6 Å². The smallest absolute Gasteiger partial charge is 0.319 e. The number of carbonyl (C=O) groups is 1. The molecule has 0 aliphatic carbocycles. The largest absolute Gasteiger partial charge is 0.337 e. The molecular formula is C20H24N4OS. The average Bonchev–Trinajstić information content (AvgIpc) is 3.09. The van der Waals surface area contributed by atoms with Gasteiger partial charge in [-0.3, -0.25) is 0 Å². The van der Waals surface area contributed by atoms with E-state index >= 15 is 0 Å². The summed E-state index contributed by atoms with van der Waals surface area (Å²) >= 11 is 1.63. The molecule has 0 bridgehead atoms. The minimum Gasteiger partial charge on any atom is -0.337 e. The number of thiazole rings is 1. The van der Waals surface area contributed by atoms with Crippen LogP contribution in [0.3, 0.4) is 0 Å². The topological polar surface area (TPSA) is 57.3 Å². The molecule has 5 nitrogen and oxygen atoms in total. The normalized spacial score (nSPS) is 11.0. The molecule has 0 unspecified atom stereocenters. The number of benzene rings is 2. The first kappa shape index (κ1) is 18.4. The molecule has 3 rings (SSSR count). The monoisotopic (exact) mass is 368 g/mol. The molecule has 0 saturated heterocycles. The molecule has 2 amide bonds. The van der Waals surface area contributed by atoms with Crippen molar-refractivity contribution in [2.75, 3.05) is 31.5 Å². The average molecular weight is 369 g/mol. The SMILES string of the molecule is CCN(CC)CCNC(=O)Nc1ccccc1-c1nc2ccccc2s1. The molecule has 2 aromatic carbocycles. The molecular weight excluding hydrogens is 344 g/mol. The third-order valence-electron chi connectivity index (χ3n) is 4.31. The van der Waals surface area contributed by atoms with E-state index in [2.05, 4.69) is 35.4 Å². The number of likely N-dealkylation sites (N-methyl/N-ethyl adjacent to an activating group) is 1. The Balaban J connectivity index is 1.70. The van der Waals surface area contributed by atoms with Gasteiger partial charge < -0.3 is 15.5 Å². The summed E-state index contributed by atoms with van der Waals surface area (Å²) in [5.41, 5.74) is 2.69. The van der Waals surface area contributed by atoms with Crippen LogP contribution in [0.25, 0.3) is 20.8 Å². The third-order valence-corrected chi connectivity index (χ3v) is 5.38. The molecule has 136 valence electrons. The summed E-state index contributed by atoms with van der Waals surface area (Å²) in [5.74, 6) is 0. The van der Waals surface area contributed by atoms with Gasteiger partial charge in [0.05, 0.1) is 15.9 Å². The van der Waals surface area contributed by atoms with Gasteiger partial charge in [0.2, 0.25) is 0 Å². The Morgan fingerprint density at radius 2 is 1.81 bits per heavy atom. The summed E-state index contributed by atoms with van der Waals surface area (Å²) in [6, 6.07) is 15.7. The van der Waals surface area contributed by atoms with Gasteiger partial charge in [-0.1, -0.05) is 38.1 Å². The summed E-state index contributed by atoms with van der Waals surface area (Å²) in [4.78, 5) is 19.2. The number of rotatable bonds is 7. The number of nitrogens with one attached hydrogen (secondary N) is 2. The van der Waals surface area contributed by atoms with Crippen molar-refractivity contribution in [2.24, 2.45) is 0 Å². The number of para-hydroxylation sites is 2. The van der Waals surface area contributed by atoms with E-state index in [0.29, 0.717) is 6.54 Å². The number of hydrogen-bond donors (Lipinski definition) is 2. The summed E-state index contributed by atoms with van der Waals surface area (Å²) in [6.07, 6.45) is 0. The number of aromatic nitrogens is 1. The van der Waals surface area contributed by atoms with Gasteiger partial charge >= 0.3 is 6.03 Å². The fourth-order valence-corrected chi connectivity index (χ4v) is 3.81. The van der Waals surface area contributed by atoms with Gasteiger partial charge in [-0.15, -0.1) is 11.3 Å². The highest BCUT2D eigenvalue weighted by Crippen LogP contribution is 2.34. The number of fused-ring (bicyclic) bond motifs is 1. The highest BCUT2D eigenvalue weighted by Gasteiger charge is 2.12. The van der Waals surface area contributed by atoms with Crippen LogP contribution >= 0.6 is 11.3 Å². The van der Waals surface area contributed by atoms with Crippen molar-refractivity contribution in [1.82, 2.24) is 15.2 Å². The van der Waals surface area contributed by atoms with Crippen LogP contribution in [-0.2, 0) is 0 Å². The first-order valence-corrected chi connectivity index (χ1v) is 9.75. The van der Waals surface area contributed by atoms with Crippen molar-refractivity contribution < 1.29 is 4.79 Å². The van der Waals surface area contributed by atoms with Crippen LogP contribution < -0.4 is 10.6 Å². The summed E-state index contributed by atoms with van der Waals surface area (Å²) in [7, 11) is 0. The third kappa shape index (κ3) is 4.39. The molecule has 2 N–H and O–H groups in total. The maximum Gasteiger partial charge on any atom is 0.319 e. The van der Waals surface area contributed by atoms with E-state index in [4.69, 9.17) is 4.98 Å². The van der Waals surface area contributed by atoms with Gasteiger partial charge in [-0.2, -0.15) is 0 Å². The van der Waals surface area contributed by atoms with Crippen LogP contribution in [0.4, 0.5) is 10.5 Å². The quantitative estimate of drug-likeness (QED) is 0.649. The van der Waals surface area contributed by atoms with Gasteiger partial charge in [-0.25, -0.2) is 9.78 Å². The van der Waals surface area contributed by atoms with Crippen molar-refractivity contribution in [3.63, 3.8) is 0 Å². The van der Waals surface area contributed by atoms with Crippen LogP contribution in [0.2, 0.25) is 0 Å². The molecule has 0 spiro atoms. The van der Waals surface area contributed by atoms with Gasteiger partial charge in [0, 0.05) is 18.7 Å². The van der Waals surface area contributed by atoms with E-state index in [9.17, 15) is 4.79 Å². The van der Waals surface area contributed by atoms with Crippen molar-refractivity contribution >= 4 is 33.3 Å². The minimum atomic E-state index is -0.189. The summed E-state index contributed by atoms with van der Waals surface area (Å²) in [6.45, 7) is 7.69. The second kappa shape index (κ2) is 8.78. The Kier molecular flexibility index (Phi) is 6.20. The molecule has 0 saturated carbocycles. The van der Waals surface area contributed by atoms with E-state index in [1.807, 2.05) is 42.5 Å². The van der Waals surface area contributed by atoms with Gasteiger partial charge in [0.1, 0.15) is 5.01 Å². The predicted molar refractivity (Wildman–Crippen MR) is 110 cm³/mol. The van der Waals surface area contributed by atoms with Gasteiger partial charge in [-0.05, 0) is 37.4 Å². The standard InChI is InChI=1S/C20H24N4OS/c1-3-24(4-2)14-13-21-20(25)23-16-10-6-5-9-15(16)19-22-17-11-7-8-12-18(17)26-19/h5-12H,3-4,13-14H2,1-2H3,(H2,21,23,25). The number of urea groups is 1. The number of nitrogens with zero attached hydrogens (tertiary/aromatic N) is 2. The number of carbonyl (C=O) groups excluding carboxylic acids is 1. The van der Waals surface area contributed by atoms with Crippen LogP contribution in [0.5, 0.6) is 0 Å². The molecule has 1 aromatic heterocycles. The van der Waals surface area contributed by atoms with Gasteiger partial charge in [0.15, 0.2) is 0 Å². The van der Waals surface area contributed by atoms with Crippen LogP contribution in [0, 0.1) is 0 Å². The lowest BCUT2D eigenvalue weighted by Gasteiger charge is -2.18. The van der Waals surface area contributed by atoms with E-state index in [1.165, 1.54) is 0 Å². The lowest BCUT2D eigenvalue weighted by atomic mass is 10.2. The van der Waals surface area contributed by atoms with E-state index in [-0.39, 0.29) is 6.03 Å². The Bertz CT molecular complexity index is 840. The molecule has 0 aliphatic heterocycles. The molecule has 0 aliphatic rings. The highest BCUT2D eigenvalue weighted by atomic mass is 32.1. The Morgan fingerprint density at radius 3 is 2.58 bits per heavy atom. The lowest BCUT2D eigenvalue weighted by Crippen LogP contribution is -2.36. The predicted octanol–water partition coefficient (Wildman–Crippen LogP) is 4.43. The van der Waals surface area contributed by atoms with Crippen LogP contribution in [-0.4, -0.2) is 42.1 Å². The molecule has 6 heteroatoms. The van der Waals surface area contributed by atoms with E-state index < -0.39 is 0 Å². The van der Waals surface area contributed by atoms with Crippen LogP contribution in [0.1, 0.15) is 13.8 Å². The second-order valence-electron chi connectivity index (χ2n) is 5.94. The number of anilines is 1. The molecule has 0 fully saturated rings. The molecule has 1 heterocycles. The van der Waals surface area contributed by atoms with Crippen LogP contribution in [0.15, 0.2) is 48.5 Å².